The maximum atomic E-state index is 13.0. The van der Waals surface area contributed by atoms with Crippen molar-refractivity contribution in [2.45, 2.75) is 20.3 Å². The van der Waals surface area contributed by atoms with E-state index in [1.165, 1.54) is 0 Å². The first kappa shape index (κ1) is 20.1. The summed E-state index contributed by atoms with van der Waals surface area (Å²) < 4.78 is 8.53. The fourth-order valence-electron chi connectivity index (χ4n) is 3.09. The van der Waals surface area contributed by atoms with Crippen molar-refractivity contribution >= 4 is 21.8 Å². The van der Waals surface area contributed by atoms with Gasteiger partial charge in [0.05, 0.1) is 29.2 Å². The Morgan fingerprint density at radius 3 is 2.46 bits per heavy atom. The molecule has 0 unspecified atom stereocenters. The number of amides is 1. The average Bonchev–Trinajstić information content (AvgIpc) is 3.00. The van der Waals surface area contributed by atoms with Crippen LogP contribution in [0.1, 0.15) is 28.2 Å². The van der Waals surface area contributed by atoms with Crippen LogP contribution in [0.5, 0.6) is 5.75 Å². The molecule has 3 aromatic rings. The Kier molecular flexibility index (Phi) is 6.52. The molecule has 5 nitrogen and oxygen atoms in total. The maximum absolute atomic E-state index is 13.0. The highest BCUT2D eigenvalue weighted by Crippen LogP contribution is 2.21. The summed E-state index contributed by atoms with van der Waals surface area (Å²) in [4.78, 5) is 14.7. The van der Waals surface area contributed by atoms with Crippen molar-refractivity contribution in [1.82, 2.24) is 14.7 Å². The average molecular weight is 442 g/mol. The summed E-state index contributed by atoms with van der Waals surface area (Å²) in [5.41, 5.74) is 3.17. The third-order valence-electron chi connectivity index (χ3n) is 4.57. The van der Waals surface area contributed by atoms with Gasteiger partial charge in [-0.1, -0.05) is 34.1 Å². The van der Waals surface area contributed by atoms with E-state index >= 15 is 0 Å². The Hall–Kier alpha value is -2.60. The zero-order valence-corrected chi connectivity index (χ0v) is 17.9. The molecule has 0 aliphatic heterocycles. The second-order valence-corrected chi connectivity index (χ2v) is 7.59. The highest BCUT2D eigenvalue weighted by atomic mass is 79.9. The van der Waals surface area contributed by atoms with Crippen molar-refractivity contribution in [3.05, 3.63) is 76.0 Å². The quantitative estimate of drug-likeness (QED) is 0.495. The Labute approximate surface area is 174 Å². The molecule has 2 aromatic carbocycles. The molecule has 0 saturated heterocycles. The number of halogens is 1. The van der Waals surface area contributed by atoms with Gasteiger partial charge in [-0.2, -0.15) is 5.10 Å². The number of rotatable bonds is 7. The summed E-state index contributed by atoms with van der Waals surface area (Å²) in [6, 6.07) is 17.6. The predicted octanol–water partition coefficient (Wildman–Crippen LogP) is 4.79. The van der Waals surface area contributed by atoms with Crippen molar-refractivity contribution in [2.75, 3.05) is 20.2 Å². The lowest BCUT2D eigenvalue weighted by Crippen LogP contribution is -2.29. The van der Waals surface area contributed by atoms with Gasteiger partial charge in [0.2, 0.25) is 0 Å². The van der Waals surface area contributed by atoms with Crippen LogP contribution in [0.4, 0.5) is 0 Å². The van der Waals surface area contributed by atoms with E-state index in [0.29, 0.717) is 18.7 Å². The molecule has 28 heavy (non-hydrogen) atoms. The number of aromatic nitrogens is 2. The molecule has 0 bridgehead atoms. The van der Waals surface area contributed by atoms with Crippen molar-refractivity contribution in [3.8, 4) is 11.4 Å². The fourth-order valence-corrected chi connectivity index (χ4v) is 3.35. The van der Waals surface area contributed by atoms with Gasteiger partial charge in [-0.05, 0) is 56.7 Å². The van der Waals surface area contributed by atoms with Gasteiger partial charge in [-0.3, -0.25) is 4.79 Å². The lowest BCUT2D eigenvalue weighted by molar-refractivity contribution is 0.0786. The molecular weight excluding hydrogens is 418 g/mol. The van der Waals surface area contributed by atoms with Crippen LogP contribution in [0.2, 0.25) is 0 Å². The van der Waals surface area contributed by atoms with Gasteiger partial charge >= 0.3 is 0 Å². The first-order valence-electron chi connectivity index (χ1n) is 9.23. The van der Waals surface area contributed by atoms with E-state index < -0.39 is 0 Å². The van der Waals surface area contributed by atoms with Crippen molar-refractivity contribution in [3.63, 3.8) is 0 Å². The van der Waals surface area contributed by atoms with Gasteiger partial charge in [0.1, 0.15) is 5.75 Å². The van der Waals surface area contributed by atoms with Crippen molar-refractivity contribution in [1.29, 1.82) is 0 Å². The fraction of sp³-hybridized carbons (Fsp3) is 0.273. The molecule has 0 fully saturated rings. The van der Waals surface area contributed by atoms with Gasteiger partial charge in [-0.25, -0.2) is 4.68 Å². The van der Waals surface area contributed by atoms with E-state index in [0.717, 1.165) is 33.7 Å². The number of benzene rings is 2. The maximum Gasteiger partial charge on any atom is 0.257 e. The van der Waals surface area contributed by atoms with Crippen LogP contribution in [-0.2, 0) is 0 Å². The minimum absolute atomic E-state index is 0.0157. The van der Waals surface area contributed by atoms with Gasteiger partial charge < -0.3 is 9.64 Å². The smallest absolute Gasteiger partial charge is 0.257 e. The number of carbonyl (C=O) groups excluding carboxylic acids is 1. The molecule has 3 rings (SSSR count). The number of hydrogen-bond acceptors (Lipinski definition) is 3. The summed E-state index contributed by atoms with van der Waals surface area (Å²) in [6.07, 6.45) is 0.760. The number of hydrogen-bond donors (Lipinski definition) is 0. The zero-order chi connectivity index (χ0) is 20.1. The third kappa shape index (κ3) is 4.62. The van der Waals surface area contributed by atoms with Crippen LogP contribution in [0.15, 0.2) is 59.1 Å². The second-order valence-electron chi connectivity index (χ2n) is 6.68. The van der Waals surface area contributed by atoms with Crippen molar-refractivity contribution in [2.24, 2.45) is 0 Å². The molecule has 146 valence electrons. The van der Waals surface area contributed by atoms with E-state index in [9.17, 15) is 4.79 Å². The van der Waals surface area contributed by atoms with E-state index in [4.69, 9.17) is 4.74 Å². The molecule has 0 atom stereocenters. The zero-order valence-electron chi connectivity index (χ0n) is 16.4. The van der Waals surface area contributed by atoms with Crippen LogP contribution < -0.4 is 4.74 Å². The monoisotopic (exact) mass is 441 g/mol. The lowest BCUT2D eigenvalue weighted by atomic mass is 10.1. The molecule has 0 radical (unpaired) electrons. The van der Waals surface area contributed by atoms with Gasteiger partial charge in [0, 0.05) is 18.1 Å². The Morgan fingerprint density at radius 1 is 1.11 bits per heavy atom. The van der Waals surface area contributed by atoms with Crippen LogP contribution in [0.3, 0.4) is 0 Å². The molecular formula is C22H24BrN3O2. The molecule has 0 spiro atoms. The number of ether oxygens (including phenoxy) is 1. The van der Waals surface area contributed by atoms with Crippen molar-refractivity contribution < 1.29 is 9.53 Å². The first-order chi connectivity index (χ1) is 13.5. The lowest BCUT2D eigenvalue weighted by Gasteiger charge is -2.17. The molecule has 0 saturated carbocycles. The molecule has 1 aromatic heterocycles. The van der Waals surface area contributed by atoms with Crippen LogP contribution >= 0.6 is 15.9 Å². The standard InChI is InChI=1S/C22H24BrN3O2/c1-16-21(17(2)26(24-16)19-12-10-18(23)11-13-19)22(27)25(3)14-7-15-28-20-8-5-4-6-9-20/h4-6,8-13H,7,14-15H2,1-3H3. The van der Waals surface area contributed by atoms with E-state index in [1.54, 1.807) is 4.90 Å². The van der Waals surface area contributed by atoms with Crippen LogP contribution in [-0.4, -0.2) is 40.8 Å². The normalized spacial score (nSPS) is 10.7. The summed E-state index contributed by atoms with van der Waals surface area (Å²) in [7, 11) is 1.82. The van der Waals surface area contributed by atoms with Gasteiger partial charge in [0.15, 0.2) is 0 Å². The SMILES string of the molecule is Cc1nn(-c2ccc(Br)cc2)c(C)c1C(=O)N(C)CCCOc1ccccc1. The number of aryl methyl sites for hydroxylation is 1. The molecule has 0 aliphatic rings. The topological polar surface area (TPSA) is 47.4 Å². The number of carbonyl (C=O) groups is 1. The molecule has 0 N–H and O–H groups in total. The first-order valence-corrected chi connectivity index (χ1v) is 10.0. The molecule has 1 amide bonds. The Bertz CT molecular complexity index is 936. The van der Waals surface area contributed by atoms with Gasteiger partial charge in [-0.15, -0.1) is 0 Å². The van der Waals surface area contributed by atoms with Crippen LogP contribution in [0.25, 0.3) is 5.69 Å². The number of para-hydroxylation sites is 1. The van der Waals surface area contributed by atoms with E-state index in [-0.39, 0.29) is 5.91 Å². The van der Waals surface area contributed by atoms with E-state index in [1.807, 2.05) is 80.2 Å². The largest absolute Gasteiger partial charge is 0.494 e. The Morgan fingerprint density at radius 2 is 1.79 bits per heavy atom. The summed E-state index contributed by atoms with van der Waals surface area (Å²) in [6.45, 7) is 5.00. The Balaban J connectivity index is 1.64. The summed E-state index contributed by atoms with van der Waals surface area (Å²) in [5, 5.41) is 4.58. The molecule has 6 heteroatoms. The minimum atomic E-state index is -0.0157. The molecule has 1 heterocycles. The highest BCUT2D eigenvalue weighted by Gasteiger charge is 2.22. The van der Waals surface area contributed by atoms with Crippen LogP contribution in [0, 0.1) is 13.8 Å². The van der Waals surface area contributed by atoms with Gasteiger partial charge in [0.25, 0.3) is 5.91 Å². The minimum Gasteiger partial charge on any atom is -0.494 e. The van der Waals surface area contributed by atoms with E-state index in [2.05, 4.69) is 21.0 Å². The molecule has 0 aliphatic carbocycles. The predicted molar refractivity (Wildman–Crippen MR) is 114 cm³/mol. The summed E-state index contributed by atoms with van der Waals surface area (Å²) >= 11 is 3.44. The third-order valence-corrected chi connectivity index (χ3v) is 5.10. The summed E-state index contributed by atoms with van der Waals surface area (Å²) in [5.74, 6) is 0.831. The highest BCUT2D eigenvalue weighted by molar-refractivity contribution is 9.10. The second kappa shape index (κ2) is 9.06. The number of nitrogens with zero attached hydrogens (tertiary/aromatic N) is 3.